The first-order chi connectivity index (χ1) is 9.77. The van der Waals surface area contributed by atoms with Crippen LogP contribution in [0.4, 0.5) is 5.69 Å². The fourth-order valence-corrected chi connectivity index (χ4v) is 2.41. The summed E-state index contributed by atoms with van der Waals surface area (Å²) in [7, 11) is -4.28. The normalized spacial score (nSPS) is 14.7. The topological polar surface area (TPSA) is 98.1 Å². The molecule has 6 nitrogen and oxygen atoms in total. The van der Waals surface area contributed by atoms with Crippen molar-refractivity contribution in [3.8, 4) is 0 Å². The number of aliphatic hydroxyl groups excluding tert-OH is 2. The van der Waals surface area contributed by atoms with Crippen molar-refractivity contribution in [3.05, 3.63) is 24.3 Å². The van der Waals surface area contributed by atoms with E-state index in [0.717, 1.165) is 0 Å². The molecule has 0 aliphatic carbocycles. The highest BCUT2D eigenvalue weighted by Gasteiger charge is 2.17. The van der Waals surface area contributed by atoms with Crippen LogP contribution in [0.5, 0.6) is 0 Å². The first kappa shape index (κ1) is 17.9. The molecule has 2 unspecified atom stereocenters. The third-order valence-corrected chi connectivity index (χ3v) is 4.14. The summed E-state index contributed by atoms with van der Waals surface area (Å²) in [6.07, 6.45) is -0.0557. The monoisotopic (exact) mass is 317 g/mol. The second-order valence-electron chi connectivity index (χ2n) is 5.00. The minimum Gasteiger partial charge on any atom is -0.391 e. The highest BCUT2D eigenvalue weighted by molar-refractivity contribution is 7.85. The van der Waals surface area contributed by atoms with Crippen LogP contribution in [0, 0.1) is 0 Å². The molecule has 3 N–H and O–H groups in total. The Balaban J connectivity index is 3.07. The van der Waals surface area contributed by atoms with Crippen molar-refractivity contribution in [2.45, 2.75) is 43.8 Å². The van der Waals surface area contributed by atoms with Gasteiger partial charge in [-0.3, -0.25) is 4.55 Å². The molecule has 1 aromatic rings. The molecule has 21 heavy (non-hydrogen) atoms. The molecule has 0 aromatic heterocycles. The predicted molar refractivity (Wildman–Crippen MR) is 81.1 cm³/mol. The molecular formula is C14H23NO5S. The summed E-state index contributed by atoms with van der Waals surface area (Å²) >= 11 is 0. The van der Waals surface area contributed by atoms with Crippen LogP contribution >= 0.6 is 0 Å². The van der Waals surface area contributed by atoms with Crippen molar-refractivity contribution < 1.29 is 23.2 Å². The van der Waals surface area contributed by atoms with E-state index in [1.54, 1.807) is 11.0 Å². The molecule has 0 radical (unpaired) electrons. The lowest BCUT2D eigenvalue weighted by Gasteiger charge is -2.29. The number of benzene rings is 1. The van der Waals surface area contributed by atoms with E-state index < -0.39 is 22.3 Å². The van der Waals surface area contributed by atoms with E-state index in [-0.39, 0.29) is 18.0 Å². The molecule has 0 aliphatic rings. The Bertz CT molecular complexity index is 534. The fraction of sp³-hybridized carbons (Fsp3) is 0.571. The third-order valence-electron chi connectivity index (χ3n) is 3.29. The highest BCUT2D eigenvalue weighted by atomic mass is 32.2. The van der Waals surface area contributed by atoms with E-state index in [4.69, 9.17) is 4.55 Å². The largest absolute Gasteiger partial charge is 0.391 e. The maximum atomic E-state index is 11.2. The lowest BCUT2D eigenvalue weighted by molar-refractivity contribution is 0.154. The van der Waals surface area contributed by atoms with Crippen molar-refractivity contribution in [2.24, 2.45) is 0 Å². The van der Waals surface area contributed by atoms with E-state index in [1.165, 1.54) is 18.2 Å². The molecule has 0 bridgehead atoms. The number of hydrogen-bond donors (Lipinski definition) is 3. The molecule has 0 spiro atoms. The average molecular weight is 317 g/mol. The summed E-state index contributed by atoms with van der Waals surface area (Å²) in [4.78, 5) is 1.51. The zero-order valence-electron chi connectivity index (χ0n) is 12.3. The Kier molecular flexibility index (Phi) is 6.60. The van der Waals surface area contributed by atoms with Gasteiger partial charge in [0.15, 0.2) is 0 Å². The van der Waals surface area contributed by atoms with Crippen molar-refractivity contribution in [1.82, 2.24) is 0 Å². The summed E-state index contributed by atoms with van der Waals surface area (Å²) in [6, 6.07) is 5.82. The molecule has 0 fully saturated rings. The SMILES string of the molecule is CCC(O)CN(CC(O)CC)c1cccc(S(=O)(=O)O)c1. The molecule has 1 aromatic carbocycles. The first-order valence-electron chi connectivity index (χ1n) is 6.96. The van der Waals surface area contributed by atoms with E-state index >= 15 is 0 Å². The van der Waals surface area contributed by atoms with Gasteiger partial charge in [-0.05, 0) is 31.0 Å². The van der Waals surface area contributed by atoms with Crippen molar-refractivity contribution in [1.29, 1.82) is 0 Å². The average Bonchev–Trinajstić information content (AvgIpc) is 2.45. The van der Waals surface area contributed by atoms with Gasteiger partial charge in [0.25, 0.3) is 10.1 Å². The predicted octanol–water partition coefficient (Wildman–Crippen LogP) is 1.28. The van der Waals surface area contributed by atoms with Crippen LogP contribution in [0.3, 0.4) is 0 Å². The molecule has 120 valence electrons. The third kappa shape index (κ3) is 5.62. The minimum atomic E-state index is -4.28. The summed E-state index contributed by atoms with van der Waals surface area (Å²) in [6.45, 7) is 4.24. The number of rotatable bonds is 8. The summed E-state index contributed by atoms with van der Waals surface area (Å²) in [5, 5.41) is 19.6. The van der Waals surface area contributed by atoms with Gasteiger partial charge in [0, 0.05) is 18.8 Å². The standard InChI is InChI=1S/C14H23NO5S/c1-3-12(16)9-15(10-13(17)4-2)11-6-5-7-14(8-11)21(18,19)20/h5-8,12-13,16-17H,3-4,9-10H2,1-2H3,(H,18,19,20). The quantitative estimate of drug-likeness (QED) is 0.625. The highest BCUT2D eigenvalue weighted by Crippen LogP contribution is 2.20. The Morgan fingerprint density at radius 3 is 2.05 bits per heavy atom. The second-order valence-corrected chi connectivity index (χ2v) is 6.42. The lowest BCUT2D eigenvalue weighted by Crippen LogP contribution is -2.37. The number of hydrogen-bond acceptors (Lipinski definition) is 5. The number of nitrogens with zero attached hydrogens (tertiary/aromatic N) is 1. The zero-order chi connectivity index (χ0) is 16.0. The van der Waals surface area contributed by atoms with Crippen LogP contribution < -0.4 is 4.90 Å². The zero-order valence-corrected chi connectivity index (χ0v) is 13.1. The molecule has 0 saturated carbocycles. The first-order valence-corrected chi connectivity index (χ1v) is 8.40. The van der Waals surface area contributed by atoms with Gasteiger partial charge in [-0.15, -0.1) is 0 Å². The van der Waals surface area contributed by atoms with E-state index in [2.05, 4.69) is 0 Å². The van der Waals surface area contributed by atoms with Gasteiger partial charge in [0.1, 0.15) is 0 Å². The molecular weight excluding hydrogens is 294 g/mol. The fourth-order valence-electron chi connectivity index (χ4n) is 1.89. The van der Waals surface area contributed by atoms with Gasteiger partial charge in [0.2, 0.25) is 0 Å². The van der Waals surface area contributed by atoms with E-state index in [9.17, 15) is 18.6 Å². The van der Waals surface area contributed by atoms with Crippen molar-refractivity contribution in [3.63, 3.8) is 0 Å². The van der Waals surface area contributed by atoms with Crippen LogP contribution in [0.15, 0.2) is 29.2 Å². The maximum Gasteiger partial charge on any atom is 0.294 e. The smallest absolute Gasteiger partial charge is 0.294 e. The van der Waals surface area contributed by atoms with Gasteiger partial charge in [-0.2, -0.15) is 8.42 Å². The van der Waals surface area contributed by atoms with Gasteiger partial charge in [-0.25, -0.2) is 0 Å². The van der Waals surface area contributed by atoms with Gasteiger partial charge >= 0.3 is 0 Å². The molecule has 1 rings (SSSR count). The Labute approximate surface area is 125 Å². The van der Waals surface area contributed by atoms with Crippen LogP contribution in [-0.4, -0.2) is 48.5 Å². The van der Waals surface area contributed by atoms with Gasteiger partial charge < -0.3 is 15.1 Å². The van der Waals surface area contributed by atoms with E-state index in [0.29, 0.717) is 18.5 Å². The summed E-state index contributed by atoms with van der Waals surface area (Å²) in [5.41, 5.74) is 0.533. The van der Waals surface area contributed by atoms with Crippen LogP contribution in [-0.2, 0) is 10.1 Å². The molecule has 2 atom stereocenters. The molecule has 0 amide bonds. The van der Waals surface area contributed by atoms with Crippen molar-refractivity contribution in [2.75, 3.05) is 18.0 Å². The minimum absolute atomic E-state index is 0.207. The number of anilines is 1. The van der Waals surface area contributed by atoms with Crippen LogP contribution in [0.25, 0.3) is 0 Å². The van der Waals surface area contributed by atoms with Gasteiger partial charge in [0.05, 0.1) is 17.1 Å². The van der Waals surface area contributed by atoms with E-state index in [1.807, 2.05) is 13.8 Å². The van der Waals surface area contributed by atoms with Gasteiger partial charge in [-0.1, -0.05) is 19.9 Å². The second kappa shape index (κ2) is 7.74. The molecule has 0 heterocycles. The lowest BCUT2D eigenvalue weighted by atomic mass is 10.2. The van der Waals surface area contributed by atoms with Crippen LogP contribution in [0.1, 0.15) is 26.7 Å². The summed E-state index contributed by atoms with van der Waals surface area (Å²) in [5.74, 6) is 0. The summed E-state index contributed by atoms with van der Waals surface area (Å²) < 4.78 is 31.5. The maximum absolute atomic E-state index is 11.2. The Morgan fingerprint density at radius 1 is 1.10 bits per heavy atom. The molecule has 7 heteroatoms. The Hall–Kier alpha value is -1.15. The molecule has 0 aliphatic heterocycles. The number of aliphatic hydroxyl groups is 2. The van der Waals surface area contributed by atoms with Crippen molar-refractivity contribution >= 4 is 15.8 Å². The van der Waals surface area contributed by atoms with Crippen LogP contribution in [0.2, 0.25) is 0 Å². The molecule has 0 saturated heterocycles. The Morgan fingerprint density at radius 2 is 1.62 bits per heavy atom.